The number of nitrogens with zero attached hydrogens (tertiary/aromatic N) is 3. The van der Waals surface area contributed by atoms with Crippen LogP contribution in [0.15, 0.2) is 36.8 Å². The Morgan fingerprint density at radius 3 is 3.00 bits per heavy atom. The van der Waals surface area contributed by atoms with Crippen molar-refractivity contribution in [1.82, 2.24) is 20.1 Å². The smallest absolute Gasteiger partial charge is 0.166 e. The Morgan fingerprint density at radius 2 is 2.23 bits per heavy atom. The molecule has 6 nitrogen and oxygen atoms in total. The second-order valence-corrected chi connectivity index (χ2v) is 6.36. The number of halogens is 1. The van der Waals surface area contributed by atoms with Crippen LogP contribution in [0.2, 0.25) is 0 Å². The van der Waals surface area contributed by atoms with Gasteiger partial charge in [0.2, 0.25) is 0 Å². The zero-order chi connectivity index (χ0) is 34.2. The van der Waals surface area contributed by atoms with Gasteiger partial charge in [-0.3, -0.25) is 4.68 Å². The number of rotatable bonds is 5. The standard InChI is InChI=1S/C23H28FN5O/c1-14-4-5-20(24)15(2)22(14)16(3)30-21-10-17(11-27-23(21)25)18-12-28-29(13-18)19-6-8-26-9-7-19/h4-5,10-13,16,19,26H,6-9H2,1-3H3,(H2,25,27)/t16-/m0/s1/i1D3,2D3,3D3,6D2,7D2,16D,19D. The minimum atomic E-state index is -3.64. The average Bonchev–Trinajstić information content (AvgIpc) is 3.36. The maximum atomic E-state index is 15.0. The van der Waals surface area contributed by atoms with Crippen LogP contribution in [-0.4, -0.2) is 27.9 Å². The molecule has 1 aliphatic heterocycles. The Hall–Kier alpha value is -2.93. The van der Waals surface area contributed by atoms with Gasteiger partial charge in [0.15, 0.2) is 11.6 Å². The van der Waals surface area contributed by atoms with E-state index in [1.807, 2.05) is 0 Å². The summed E-state index contributed by atoms with van der Waals surface area (Å²) in [4.78, 5) is 3.92. The van der Waals surface area contributed by atoms with E-state index in [0.717, 1.165) is 29.3 Å². The number of piperidine rings is 1. The molecule has 0 aliphatic carbocycles. The predicted molar refractivity (Wildman–Crippen MR) is 116 cm³/mol. The van der Waals surface area contributed by atoms with Crippen molar-refractivity contribution in [2.24, 2.45) is 0 Å². The molecule has 1 atom stereocenters. The summed E-state index contributed by atoms with van der Waals surface area (Å²) in [5.41, 5.74) is 2.54. The molecule has 7 heteroatoms. The van der Waals surface area contributed by atoms with Gasteiger partial charge in [-0.25, -0.2) is 9.37 Å². The molecule has 1 fully saturated rings. The van der Waals surface area contributed by atoms with E-state index >= 15 is 4.39 Å². The molecule has 3 N–H and O–H groups in total. The number of ether oxygens (including phenoxy) is 1. The highest BCUT2D eigenvalue weighted by Crippen LogP contribution is 2.33. The van der Waals surface area contributed by atoms with E-state index in [0.29, 0.717) is 12.1 Å². The maximum absolute atomic E-state index is 15.0. The number of aromatic nitrogens is 3. The molecule has 1 saturated heterocycles. The van der Waals surface area contributed by atoms with Gasteiger partial charge in [-0.2, -0.15) is 5.10 Å². The lowest BCUT2D eigenvalue weighted by Crippen LogP contribution is -2.29. The largest absolute Gasteiger partial charge is 0.482 e. The van der Waals surface area contributed by atoms with E-state index in [2.05, 4.69) is 15.4 Å². The Balaban J connectivity index is 1.89. The minimum absolute atomic E-state index is 0.0448. The first kappa shape index (κ1) is 9.06. The third kappa shape index (κ3) is 4.03. The lowest BCUT2D eigenvalue weighted by atomic mass is 9.98. The van der Waals surface area contributed by atoms with Gasteiger partial charge < -0.3 is 15.8 Å². The highest BCUT2D eigenvalue weighted by Gasteiger charge is 2.19. The summed E-state index contributed by atoms with van der Waals surface area (Å²) in [6.45, 7) is -11.0. The second-order valence-electron chi connectivity index (χ2n) is 6.36. The summed E-state index contributed by atoms with van der Waals surface area (Å²) in [6, 6.07) is -0.263. The number of nitrogens with one attached hydrogen (secondary N) is 1. The fourth-order valence-electron chi connectivity index (χ4n) is 2.84. The second kappa shape index (κ2) is 8.44. The Labute approximate surface area is 197 Å². The van der Waals surface area contributed by atoms with Crippen molar-refractivity contribution in [2.45, 2.75) is 45.4 Å². The summed E-state index contributed by atoms with van der Waals surface area (Å²) < 4.78 is 144. The molecule has 1 aromatic carbocycles. The first-order valence-electron chi connectivity index (χ1n) is 16.3. The number of hydrogen-bond donors (Lipinski definition) is 2. The maximum Gasteiger partial charge on any atom is 0.166 e. The third-order valence-electron chi connectivity index (χ3n) is 4.38. The molecular weight excluding hydrogens is 381 g/mol. The molecule has 1 aliphatic rings. The van der Waals surface area contributed by atoms with Gasteiger partial charge >= 0.3 is 0 Å². The Morgan fingerprint density at radius 1 is 1.37 bits per heavy atom. The minimum Gasteiger partial charge on any atom is -0.482 e. The molecule has 0 saturated carbocycles. The number of hydrogen-bond acceptors (Lipinski definition) is 5. The molecule has 3 aromatic rings. The molecule has 158 valence electrons. The molecule has 0 radical (unpaired) electrons. The monoisotopic (exact) mass is 424 g/mol. The molecule has 0 spiro atoms. The van der Waals surface area contributed by atoms with Crippen LogP contribution in [0.1, 0.15) is 68.9 Å². The lowest BCUT2D eigenvalue weighted by Gasteiger charge is -2.22. The molecule has 30 heavy (non-hydrogen) atoms. The van der Waals surface area contributed by atoms with Crippen molar-refractivity contribution in [2.75, 3.05) is 18.8 Å². The first-order chi connectivity index (χ1) is 20.3. The molecule has 0 amide bonds. The Bertz CT molecular complexity index is 1580. The van der Waals surface area contributed by atoms with Crippen LogP contribution in [0.5, 0.6) is 5.75 Å². The molecule has 0 bridgehead atoms. The van der Waals surface area contributed by atoms with E-state index in [9.17, 15) is 0 Å². The number of nitrogen functional groups attached to an aromatic ring is 1. The van der Waals surface area contributed by atoms with Crippen molar-refractivity contribution < 1.29 is 29.7 Å². The lowest BCUT2D eigenvalue weighted by molar-refractivity contribution is 0.225. The molecule has 3 heterocycles. The van der Waals surface area contributed by atoms with Gasteiger partial charge in [0, 0.05) is 46.9 Å². The SMILES string of the molecule is [2H]C([2H])([2H])c1ccc(F)c(C([2H])([2H])[2H])c1[C@@]([2H])(Oc1cc(-c2cnn(C3([2H])C([2H])([2H])CNCC3([2H])[2H])c2)cnc1N)C([2H])([2H])[2H]. The summed E-state index contributed by atoms with van der Waals surface area (Å²) in [7, 11) is 0. The van der Waals surface area contributed by atoms with Crippen molar-refractivity contribution in [3.05, 3.63) is 59.3 Å². The van der Waals surface area contributed by atoms with Gasteiger partial charge in [-0.1, -0.05) is 6.07 Å². The third-order valence-corrected chi connectivity index (χ3v) is 4.38. The van der Waals surface area contributed by atoms with Gasteiger partial charge in [0.05, 0.1) is 15.0 Å². The van der Waals surface area contributed by atoms with E-state index in [-0.39, 0.29) is 24.2 Å². The van der Waals surface area contributed by atoms with Crippen molar-refractivity contribution >= 4 is 5.82 Å². The molecule has 4 rings (SSSR count). The van der Waals surface area contributed by atoms with Gasteiger partial charge in [-0.15, -0.1) is 0 Å². The van der Waals surface area contributed by atoms with Crippen LogP contribution in [0, 0.1) is 19.5 Å². The van der Waals surface area contributed by atoms with Crippen LogP contribution in [0.25, 0.3) is 11.1 Å². The van der Waals surface area contributed by atoms with E-state index in [1.54, 1.807) is 0 Å². The zero-order valence-corrected chi connectivity index (χ0v) is 15.6. The number of pyridine rings is 1. The number of nitrogens with two attached hydrogens (primary N) is 1. The highest BCUT2D eigenvalue weighted by atomic mass is 19.1. The Kier molecular flexibility index (Phi) is 2.55. The highest BCUT2D eigenvalue weighted by molar-refractivity contribution is 5.66. The van der Waals surface area contributed by atoms with Gasteiger partial charge in [-0.05, 0) is 69.7 Å². The fraction of sp³-hybridized carbons (Fsp3) is 0.391. The van der Waals surface area contributed by atoms with Crippen LogP contribution in [0.3, 0.4) is 0 Å². The summed E-state index contributed by atoms with van der Waals surface area (Å²) in [5.74, 6) is -2.65. The first-order valence-corrected chi connectivity index (χ1v) is 8.83. The van der Waals surface area contributed by atoms with E-state index < -0.39 is 79.5 Å². The zero-order valence-electron chi connectivity index (χ0n) is 30.6. The van der Waals surface area contributed by atoms with Crippen LogP contribution >= 0.6 is 0 Å². The number of aryl methyl sites for hydroxylation is 1. The molecular formula is C23H28FN5O. The molecule has 0 unspecified atom stereocenters. The summed E-state index contributed by atoms with van der Waals surface area (Å²) >= 11 is 0. The van der Waals surface area contributed by atoms with Crippen molar-refractivity contribution in [3.63, 3.8) is 0 Å². The molecule has 2 aromatic heterocycles. The number of benzene rings is 1. The average molecular weight is 425 g/mol. The van der Waals surface area contributed by atoms with Gasteiger partial charge in [0.1, 0.15) is 11.9 Å². The normalized spacial score (nSPS) is 30.0. The van der Waals surface area contributed by atoms with Crippen LogP contribution < -0.4 is 15.8 Å². The van der Waals surface area contributed by atoms with Gasteiger partial charge in [0.25, 0.3) is 0 Å². The van der Waals surface area contributed by atoms with Crippen LogP contribution in [-0.2, 0) is 0 Å². The van der Waals surface area contributed by atoms with Crippen LogP contribution in [0.4, 0.5) is 10.2 Å². The topological polar surface area (TPSA) is 78.0 Å². The van der Waals surface area contributed by atoms with E-state index in [4.69, 9.17) is 31.0 Å². The van der Waals surface area contributed by atoms with E-state index in [1.165, 1.54) is 0 Å². The summed E-state index contributed by atoms with van der Waals surface area (Å²) in [5, 5.41) is 6.62. The van der Waals surface area contributed by atoms with Crippen molar-refractivity contribution in [1.29, 1.82) is 0 Å². The summed E-state index contributed by atoms with van der Waals surface area (Å²) in [6.07, 6.45) is -4.98. The van der Waals surface area contributed by atoms with Crippen molar-refractivity contribution in [3.8, 4) is 16.9 Å². The fourth-order valence-corrected chi connectivity index (χ4v) is 2.84. The number of anilines is 1. The predicted octanol–water partition coefficient (Wildman–Crippen LogP) is 4.35. The quantitative estimate of drug-likeness (QED) is 0.637.